The fourth-order valence-electron chi connectivity index (χ4n) is 2.84. The first-order valence-electron chi connectivity index (χ1n) is 8.37. The Hall–Kier alpha value is -2.77. The molecule has 3 heterocycles. The van der Waals surface area contributed by atoms with E-state index in [4.69, 9.17) is 0 Å². The average molecular weight is 430 g/mol. The smallest absolute Gasteiger partial charge is 0.351 e. The number of carbonyl (C=O) groups is 1. The molecule has 2 atom stereocenters. The molecular formula is C18H16ClF4N5O. The van der Waals surface area contributed by atoms with E-state index in [0.717, 1.165) is 12.3 Å². The summed E-state index contributed by atoms with van der Waals surface area (Å²) >= 11 is 0. The molecule has 2 unspecified atom stereocenters. The molecule has 0 saturated carbocycles. The van der Waals surface area contributed by atoms with Crippen LogP contribution in [0.3, 0.4) is 0 Å². The van der Waals surface area contributed by atoms with E-state index in [0.29, 0.717) is 23.4 Å². The first-order chi connectivity index (χ1) is 13.3. The maximum atomic E-state index is 13.6. The van der Waals surface area contributed by atoms with Gasteiger partial charge in [-0.15, -0.1) is 12.4 Å². The highest BCUT2D eigenvalue weighted by molar-refractivity contribution is 5.85. The van der Waals surface area contributed by atoms with Crippen LogP contribution in [0, 0.1) is 11.3 Å². The summed E-state index contributed by atoms with van der Waals surface area (Å²) in [4.78, 5) is 19.5. The van der Waals surface area contributed by atoms with Gasteiger partial charge in [0.15, 0.2) is 0 Å². The average Bonchev–Trinajstić information content (AvgIpc) is 3.11. The van der Waals surface area contributed by atoms with Crippen LogP contribution in [0.1, 0.15) is 23.2 Å². The fourth-order valence-corrected chi connectivity index (χ4v) is 2.84. The second-order valence-corrected chi connectivity index (χ2v) is 6.22. The van der Waals surface area contributed by atoms with Gasteiger partial charge in [-0.25, -0.2) is 4.39 Å². The van der Waals surface area contributed by atoms with Crippen LogP contribution in [0.15, 0.2) is 30.6 Å². The topological polar surface area (TPSA) is 90.7 Å². The Bertz CT molecular complexity index is 914. The van der Waals surface area contributed by atoms with Crippen molar-refractivity contribution in [3.05, 3.63) is 47.4 Å². The van der Waals surface area contributed by atoms with Gasteiger partial charge in [-0.3, -0.25) is 14.8 Å². The molecule has 0 bridgehead atoms. The Kier molecular flexibility index (Phi) is 7.11. The van der Waals surface area contributed by atoms with Crippen molar-refractivity contribution in [2.24, 2.45) is 0 Å². The van der Waals surface area contributed by atoms with Gasteiger partial charge in [0.1, 0.15) is 24.0 Å². The van der Waals surface area contributed by atoms with Gasteiger partial charge in [0, 0.05) is 24.5 Å². The van der Waals surface area contributed by atoms with Crippen LogP contribution in [-0.2, 0) is 17.5 Å². The van der Waals surface area contributed by atoms with E-state index in [1.54, 1.807) is 0 Å². The van der Waals surface area contributed by atoms with Gasteiger partial charge in [0.2, 0.25) is 5.91 Å². The number of carbonyl (C=O) groups excluding carboxylic acids is 1. The van der Waals surface area contributed by atoms with Crippen molar-refractivity contribution in [1.82, 2.24) is 20.6 Å². The monoisotopic (exact) mass is 429 g/mol. The van der Waals surface area contributed by atoms with E-state index in [-0.39, 0.29) is 30.9 Å². The summed E-state index contributed by atoms with van der Waals surface area (Å²) in [6, 6.07) is 4.54. The Morgan fingerprint density at radius 3 is 2.62 bits per heavy atom. The van der Waals surface area contributed by atoms with E-state index in [9.17, 15) is 27.6 Å². The first kappa shape index (κ1) is 22.5. The van der Waals surface area contributed by atoms with E-state index < -0.39 is 30.0 Å². The molecular weight excluding hydrogens is 414 g/mol. The molecule has 2 aromatic rings. The predicted octanol–water partition coefficient (Wildman–Crippen LogP) is 2.77. The van der Waals surface area contributed by atoms with E-state index in [2.05, 4.69) is 20.6 Å². The van der Waals surface area contributed by atoms with Gasteiger partial charge in [0.05, 0.1) is 11.3 Å². The van der Waals surface area contributed by atoms with Crippen molar-refractivity contribution >= 4 is 18.3 Å². The van der Waals surface area contributed by atoms with Gasteiger partial charge in [0.25, 0.3) is 0 Å². The van der Waals surface area contributed by atoms with Gasteiger partial charge >= 0.3 is 6.18 Å². The molecule has 1 fully saturated rings. The molecule has 2 aromatic heterocycles. The number of hydrogen-bond donors (Lipinski definition) is 2. The summed E-state index contributed by atoms with van der Waals surface area (Å²) in [5.41, 5.74) is 0.203. The van der Waals surface area contributed by atoms with Gasteiger partial charge in [-0.2, -0.15) is 18.4 Å². The molecule has 6 nitrogen and oxygen atoms in total. The quantitative estimate of drug-likeness (QED) is 0.729. The maximum absolute atomic E-state index is 13.6. The molecule has 0 aliphatic carbocycles. The molecule has 1 aliphatic rings. The SMILES string of the molecule is Cl.N#Cc1cnc(-c2ccc(C(F)(F)F)nc2)cc1CNC(=O)C1NCCC1F. The predicted molar refractivity (Wildman–Crippen MR) is 97.6 cm³/mol. The minimum atomic E-state index is -4.55. The van der Waals surface area contributed by atoms with Crippen molar-refractivity contribution in [2.75, 3.05) is 6.54 Å². The molecule has 2 N–H and O–H groups in total. The fraction of sp³-hybridized carbons (Fsp3) is 0.333. The Morgan fingerprint density at radius 2 is 2.07 bits per heavy atom. The first-order valence-corrected chi connectivity index (χ1v) is 8.37. The summed E-state index contributed by atoms with van der Waals surface area (Å²) in [6.07, 6.45) is -3.27. The number of hydrogen-bond acceptors (Lipinski definition) is 5. The van der Waals surface area contributed by atoms with E-state index in [1.807, 2.05) is 6.07 Å². The van der Waals surface area contributed by atoms with Gasteiger partial charge < -0.3 is 10.6 Å². The summed E-state index contributed by atoms with van der Waals surface area (Å²) in [5, 5.41) is 14.5. The molecule has 1 aliphatic heterocycles. The number of nitriles is 1. The van der Waals surface area contributed by atoms with Crippen LogP contribution in [0.2, 0.25) is 0 Å². The second-order valence-electron chi connectivity index (χ2n) is 6.22. The number of halogens is 5. The number of nitrogens with zero attached hydrogens (tertiary/aromatic N) is 3. The van der Waals surface area contributed by atoms with Gasteiger partial charge in [-0.1, -0.05) is 0 Å². The summed E-state index contributed by atoms with van der Waals surface area (Å²) in [6.45, 7) is 0.360. The minimum absolute atomic E-state index is 0. The lowest BCUT2D eigenvalue weighted by atomic mass is 10.1. The number of amides is 1. The highest BCUT2D eigenvalue weighted by Gasteiger charge is 2.33. The van der Waals surface area contributed by atoms with Crippen LogP contribution in [0.4, 0.5) is 17.6 Å². The molecule has 3 rings (SSSR count). The summed E-state index contributed by atoms with van der Waals surface area (Å²) in [5.74, 6) is -0.525. The third-order valence-electron chi connectivity index (χ3n) is 4.34. The second kappa shape index (κ2) is 9.15. The largest absolute Gasteiger partial charge is 0.433 e. The third-order valence-corrected chi connectivity index (χ3v) is 4.34. The zero-order valence-corrected chi connectivity index (χ0v) is 15.6. The zero-order valence-electron chi connectivity index (χ0n) is 14.8. The van der Waals surface area contributed by atoms with Crippen molar-refractivity contribution in [3.63, 3.8) is 0 Å². The molecule has 0 aromatic carbocycles. The Labute approximate surface area is 169 Å². The van der Waals surface area contributed by atoms with Crippen LogP contribution in [-0.4, -0.2) is 34.6 Å². The van der Waals surface area contributed by atoms with Gasteiger partial charge in [-0.05, 0) is 36.7 Å². The lowest BCUT2D eigenvalue weighted by Crippen LogP contribution is -2.44. The molecule has 0 spiro atoms. The lowest BCUT2D eigenvalue weighted by Gasteiger charge is -2.14. The van der Waals surface area contributed by atoms with Crippen LogP contribution in [0.5, 0.6) is 0 Å². The normalized spacial score (nSPS) is 18.6. The number of rotatable bonds is 4. The van der Waals surface area contributed by atoms with Crippen LogP contribution in [0.25, 0.3) is 11.3 Å². The molecule has 1 amide bonds. The highest BCUT2D eigenvalue weighted by Crippen LogP contribution is 2.29. The summed E-state index contributed by atoms with van der Waals surface area (Å²) in [7, 11) is 0. The van der Waals surface area contributed by atoms with Crippen molar-refractivity contribution in [2.45, 2.75) is 31.4 Å². The number of pyridine rings is 2. The molecule has 29 heavy (non-hydrogen) atoms. The highest BCUT2D eigenvalue weighted by atomic mass is 35.5. The minimum Gasteiger partial charge on any atom is -0.351 e. The molecule has 0 radical (unpaired) electrons. The number of nitrogens with one attached hydrogen (secondary N) is 2. The van der Waals surface area contributed by atoms with Crippen molar-refractivity contribution < 1.29 is 22.4 Å². The van der Waals surface area contributed by atoms with E-state index in [1.165, 1.54) is 18.3 Å². The molecule has 154 valence electrons. The van der Waals surface area contributed by atoms with Crippen LogP contribution >= 0.6 is 12.4 Å². The Morgan fingerprint density at radius 1 is 1.31 bits per heavy atom. The van der Waals surface area contributed by atoms with Crippen molar-refractivity contribution in [1.29, 1.82) is 5.26 Å². The van der Waals surface area contributed by atoms with Crippen molar-refractivity contribution in [3.8, 4) is 17.3 Å². The Balaban J connectivity index is 0.00000300. The molecule has 11 heteroatoms. The summed E-state index contributed by atoms with van der Waals surface area (Å²) < 4.78 is 51.5. The zero-order chi connectivity index (χ0) is 20.3. The lowest BCUT2D eigenvalue weighted by molar-refractivity contribution is -0.141. The molecule has 1 saturated heterocycles. The van der Waals surface area contributed by atoms with Crippen LogP contribution < -0.4 is 10.6 Å². The third kappa shape index (κ3) is 5.19. The maximum Gasteiger partial charge on any atom is 0.433 e. The van der Waals surface area contributed by atoms with E-state index >= 15 is 0 Å². The standard InChI is InChI=1S/C18H15F4N5O.ClH/c19-13-3-4-24-16(13)17(28)27-8-11-5-14(25-9-12(11)6-23)10-1-2-15(26-7-10)18(20,21)22;/h1-2,5,7,9,13,16,24H,3-4,8H2,(H,27,28);1H. The number of alkyl halides is 4. The number of aromatic nitrogens is 2.